The number of hydrogen-bond donors (Lipinski definition) is 5. The zero-order valence-corrected chi connectivity index (χ0v) is 25.1. The van der Waals surface area contributed by atoms with Gasteiger partial charge in [0.05, 0.1) is 33.5 Å². The van der Waals surface area contributed by atoms with E-state index >= 15 is 0 Å². The van der Waals surface area contributed by atoms with E-state index in [-0.39, 0.29) is 5.91 Å². The molecule has 0 bridgehead atoms. The largest absolute Gasteiger partial charge is 0.497 e. The average Bonchev–Trinajstić information content (AvgIpc) is 3.05. The van der Waals surface area contributed by atoms with Crippen LogP contribution >= 0.6 is 0 Å². The maximum Gasteiger partial charge on any atom is 0.251 e. The Kier molecular flexibility index (Phi) is 12.7. The first-order chi connectivity index (χ1) is 21.5. The number of hydrogen-bond acceptors (Lipinski definition) is 11. The van der Waals surface area contributed by atoms with Crippen molar-refractivity contribution in [1.29, 1.82) is 0 Å². The van der Waals surface area contributed by atoms with Gasteiger partial charge in [-0.1, -0.05) is 48.0 Å². The number of aryl methyl sites for hydroxylation is 1. The van der Waals surface area contributed by atoms with Crippen LogP contribution in [0.1, 0.15) is 27.0 Å². The molecule has 0 saturated heterocycles. The number of nitrogens with two attached hydrogens (primary N) is 1. The van der Waals surface area contributed by atoms with E-state index < -0.39 is 0 Å². The van der Waals surface area contributed by atoms with Gasteiger partial charge in [-0.05, 0) is 48.4 Å². The van der Waals surface area contributed by atoms with Gasteiger partial charge in [-0.3, -0.25) is 4.79 Å². The van der Waals surface area contributed by atoms with Crippen molar-refractivity contribution in [2.24, 2.45) is 5.73 Å². The van der Waals surface area contributed by atoms with Crippen molar-refractivity contribution in [3.05, 3.63) is 95.1 Å². The Hall–Kier alpha value is -4.78. The van der Waals surface area contributed by atoms with Crippen LogP contribution < -0.4 is 31.7 Å². The molecule has 1 amide bonds. The number of carbonyl (C=O) groups excluding carboxylic acids is 1. The first kappa shape index (κ1) is 32.1. The molecule has 0 unspecified atom stereocenters. The van der Waals surface area contributed by atoms with Gasteiger partial charge in [-0.25, -0.2) is 0 Å². The second-order valence-corrected chi connectivity index (χ2v) is 9.82. The summed E-state index contributed by atoms with van der Waals surface area (Å²) in [5.74, 6) is 1.70. The number of amides is 1. The molecule has 232 valence electrons. The summed E-state index contributed by atoms with van der Waals surface area (Å²) in [4.78, 5) is 26.5. The number of rotatable bonds is 18. The summed E-state index contributed by atoms with van der Waals surface area (Å²) >= 11 is 0. The van der Waals surface area contributed by atoms with Crippen LogP contribution in [0.15, 0.2) is 72.8 Å². The van der Waals surface area contributed by atoms with E-state index in [1.54, 1.807) is 25.3 Å². The molecule has 0 fully saturated rings. The normalized spacial score (nSPS) is 10.7. The molecule has 3 aromatic carbocycles. The molecule has 12 nitrogen and oxygen atoms in total. The summed E-state index contributed by atoms with van der Waals surface area (Å²) in [6, 6.07) is 23.1. The third-order valence-electron chi connectivity index (χ3n) is 6.36. The molecular weight excluding hydrogens is 560 g/mol. The van der Waals surface area contributed by atoms with Crippen molar-refractivity contribution in [2.75, 3.05) is 62.6 Å². The molecule has 0 aliphatic carbocycles. The van der Waals surface area contributed by atoms with Gasteiger partial charge in [0.25, 0.3) is 5.91 Å². The van der Waals surface area contributed by atoms with Crippen molar-refractivity contribution in [1.82, 2.24) is 20.3 Å². The minimum absolute atomic E-state index is 0.213. The minimum atomic E-state index is -0.213. The lowest BCUT2D eigenvalue weighted by Crippen LogP contribution is -2.27. The van der Waals surface area contributed by atoms with Crippen LogP contribution in [-0.2, 0) is 22.6 Å². The zero-order chi connectivity index (χ0) is 31.0. The van der Waals surface area contributed by atoms with Crippen molar-refractivity contribution < 1.29 is 19.0 Å². The first-order valence-corrected chi connectivity index (χ1v) is 14.5. The first-order valence-electron chi connectivity index (χ1n) is 14.5. The monoisotopic (exact) mass is 600 g/mol. The van der Waals surface area contributed by atoms with Gasteiger partial charge in [0.1, 0.15) is 5.75 Å². The lowest BCUT2D eigenvalue weighted by Gasteiger charge is -2.13. The summed E-state index contributed by atoms with van der Waals surface area (Å²) in [7, 11) is 1.64. The number of aromatic nitrogens is 3. The highest BCUT2D eigenvalue weighted by Crippen LogP contribution is 2.19. The van der Waals surface area contributed by atoms with E-state index in [0.717, 1.165) is 16.9 Å². The van der Waals surface area contributed by atoms with Crippen LogP contribution in [0, 0.1) is 6.92 Å². The molecule has 1 heterocycles. The lowest BCUT2D eigenvalue weighted by atomic mass is 10.1. The van der Waals surface area contributed by atoms with Crippen molar-refractivity contribution >= 4 is 29.4 Å². The van der Waals surface area contributed by atoms with E-state index in [1.165, 1.54) is 5.56 Å². The van der Waals surface area contributed by atoms with Crippen molar-refractivity contribution in [2.45, 2.75) is 20.0 Å². The van der Waals surface area contributed by atoms with Gasteiger partial charge in [-0.15, -0.1) is 0 Å². The van der Waals surface area contributed by atoms with E-state index in [2.05, 4.69) is 67.4 Å². The summed E-state index contributed by atoms with van der Waals surface area (Å²) in [6.45, 7) is 5.75. The molecule has 0 spiro atoms. The molecular formula is C32H40N8O4. The smallest absolute Gasteiger partial charge is 0.251 e. The molecule has 44 heavy (non-hydrogen) atoms. The third kappa shape index (κ3) is 10.8. The fraction of sp³-hybridized carbons (Fsp3) is 0.312. The maximum absolute atomic E-state index is 12.7. The van der Waals surface area contributed by atoms with E-state index in [0.29, 0.717) is 81.7 Å². The molecule has 0 aliphatic rings. The van der Waals surface area contributed by atoms with Gasteiger partial charge >= 0.3 is 0 Å². The highest BCUT2D eigenvalue weighted by molar-refractivity contribution is 5.95. The number of nitrogens with zero attached hydrogens (tertiary/aromatic N) is 3. The Morgan fingerprint density at radius 2 is 1.39 bits per heavy atom. The Bertz CT molecular complexity index is 1450. The van der Waals surface area contributed by atoms with Crippen LogP contribution in [0.3, 0.4) is 0 Å². The molecule has 0 atom stereocenters. The Morgan fingerprint density at radius 3 is 2.02 bits per heavy atom. The van der Waals surface area contributed by atoms with Crippen LogP contribution in [0.2, 0.25) is 0 Å². The summed E-state index contributed by atoms with van der Waals surface area (Å²) < 4.78 is 16.0. The number of ether oxygens (including phenoxy) is 3. The molecule has 12 heteroatoms. The van der Waals surface area contributed by atoms with Gasteiger partial charge in [-0.2, -0.15) is 15.0 Å². The van der Waals surface area contributed by atoms with E-state index in [9.17, 15) is 4.79 Å². The summed E-state index contributed by atoms with van der Waals surface area (Å²) in [5.41, 5.74) is 9.87. The molecule has 4 rings (SSSR count). The van der Waals surface area contributed by atoms with Crippen LogP contribution in [0.5, 0.6) is 5.75 Å². The third-order valence-corrected chi connectivity index (χ3v) is 6.36. The Labute approximate surface area is 257 Å². The topological polar surface area (TPSA) is 158 Å². The average molecular weight is 601 g/mol. The number of anilines is 4. The van der Waals surface area contributed by atoms with Gasteiger partial charge in [0.2, 0.25) is 17.8 Å². The fourth-order valence-corrected chi connectivity index (χ4v) is 4.01. The van der Waals surface area contributed by atoms with Gasteiger partial charge < -0.3 is 41.2 Å². The highest BCUT2D eigenvalue weighted by Gasteiger charge is 2.10. The van der Waals surface area contributed by atoms with E-state index in [1.807, 2.05) is 30.3 Å². The second-order valence-electron chi connectivity index (χ2n) is 9.82. The molecule has 0 radical (unpaired) electrons. The number of nitrogens with one attached hydrogen (secondary N) is 4. The molecule has 1 aromatic heterocycles. The molecule has 4 aromatic rings. The molecule has 0 saturated carbocycles. The fourth-order valence-electron chi connectivity index (χ4n) is 4.01. The van der Waals surface area contributed by atoms with Gasteiger partial charge in [0.15, 0.2) is 0 Å². The number of carbonyl (C=O) groups is 1. The minimum Gasteiger partial charge on any atom is -0.497 e. The van der Waals surface area contributed by atoms with Crippen LogP contribution in [-0.4, -0.2) is 67.5 Å². The summed E-state index contributed by atoms with van der Waals surface area (Å²) in [5, 5.41) is 12.6. The Morgan fingerprint density at radius 1 is 0.773 bits per heavy atom. The van der Waals surface area contributed by atoms with Gasteiger partial charge in [0, 0.05) is 37.4 Å². The maximum atomic E-state index is 12.7. The predicted molar refractivity (Wildman–Crippen MR) is 171 cm³/mol. The highest BCUT2D eigenvalue weighted by atomic mass is 16.5. The predicted octanol–water partition coefficient (Wildman–Crippen LogP) is 3.88. The van der Waals surface area contributed by atoms with Crippen LogP contribution in [0.4, 0.5) is 23.5 Å². The number of methoxy groups -OCH3 is 1. The quantitative estimate of drug-likeness (QED) is 0.106. The van der Waals surface area contributed by atoms with E-state index in [4.69, 9.17) is 19.9 Å². The van der Waals surface area contributed by atoms with Crippen molar-refractivity contribution in [3.8, 4) is 5.75 Å². The summed E-state index contributed by atoms with van der Waals surface area (Å²) in [6.07, 6.45) is 0. The standard InChI is InChI=1S/C32H40N8O4/c1-23-6-8-24(9-7-23)21-35-30-38-31(36-22-25-10-12-28(42-2)13-11-25)40-32(39-30)37-27-5-3-4-26(20-27)29(41)34-15-17-44-19-18-43-16-14-33/h3-13,20H,14-19,21-22,33H2,1-2H3,(H,34,41)(H3,35,36,37,38,39,40). The van der Waals surface area contributed by atoms with Crippen LogP contribution in [0.25, 0.3) is 0 Å². The molecule has 6 N–H and O–H groups in total. The SMILES string of the molecule is COc1ccc(CNc2nc(NCc3ccc(C)cc3)nc(Nc3cccc(C(=O)NCCOCCOCCN)c3)n2)cc1. The molecule has 0 aliphatic heterocycles. The lowest BCUT2D eigenvalue weighted by molar-refractivity contribution is 0.0511. The number of benzene rings is 3. The second kappa shape index (κ2) is 17.4. The van der Waals surface area contributed by atoms with Crippen molar-refractivity contribution in [3.63, 3.8) is 0 Å². The zero-order valence-electron chi connectivity index (χ0n) is 25.1. The Balaban J connectivity index is 1.40.